The van der Waals surface area contributed by atoms with Crippen molar-refractivity contribution in [2.24, 2.45) is 0 Å². The zero-order valence-corrected chi connectivity index (χ0v) is 7.18. The summed E-state index contributed by atoms with van der Waals surface area (Å²) in [7, 11) is 0. The quantitative estimate of drug-likeness (QED) is 0.710. The molecule has 14 heavy (non-hydrogen) atoms. The molecule has 2 aromatic rings. The molecule has 6 heteroatoms. The summed E-state index contributed by atoms with van der Waals surface area (Å²) in [6, 6.07) is 1.02. The molecule has 0 bridgehead atoms. The summed E-state index contributed by atoms with van der Waals surface area (Å²) in [4.78, 5) is 9.71. The summed E-state index contributed by atoms with van der Waals surface area (Å²) in [6.07, 6.45) is -3.14. The third kappa shape index (κ3) is 1.32. The normalized spacial score (nSPS) is 12.3. The zero-order valence-electron chi connectivity index (χ0n) is 7.18. The molecule has 0 saturated carbocycles. The summed E-state index contributed by atoms with van der Waals surface area (Å²) >= 11 is 0. The maximum atomic E-state index is 12.3. The number of hydrogen-bond acceptors (Lipinski definition) is 2. The highest BCUT2D eigenvalue weighted by Crippen LogP contribution is 2.30. The lowest BCUT2D eigenvalue weighted by atomic mass is 10.3. The Hall–Kier alpha value is -1.59. The number of hydrogen-bond donors (Lipinski definition) is 1. The standard InChI is InChI=1S/C8H6F3N3/c1-4-5-2-6(8(9,10)11)14-7(5)13-3-12-4/h2-3H,1H3,(H,12,13,14). The van der Waals surface area contributed by atoms with Crippen LogP contribution in [0.2, 0.25) is 0 Å². The smallest absolute Gasteiger partial charge is 0.336 e. The van der Waals surface area contributed by atoms with Gasteiger partial charge in [0.25, 0.3) is 0 Å². The molecule has 0 spiro atoms. The van der Waals surface area contributed by atoms with Gasteiger partial charge in [-0.15, -0.1) is 0 Å². The molecule has 3 nitrogen and oxygen atoms in total. The second-order valence-corrected chi connectivity index (χ2v) is 2.90. The van der Waals surface area contributed by atoms with Gasteiger partial charge in [-0.1, -0.05) is 0 Å². The van der Waals surface area contributed by atoms with Crippen LogP contribution in [0.3, 0.4) is 0 Å². The first kappa shape index (κ1) is 8.98. The van der Waals surface area contributed by atoms with Crippen LogP contribution in [0, 0.1) is 6.92 Å². The van der Waals surface area contributed by atoms with E-state index in [0.717, 1.165) is 6.07 Å². The van der Waals surface area contributed by atoms with E-state index < -0.39 is 11.9 Å². The molecule has 0 aliphatic rings. The van der Waals surface area contributed by atoms with Crippen LogP contribution in [-0.2, 0) is 6.18 Å². The number of fused-ring (bicyclic) bond motifs is 1. The Morgan fingerprint density at radius 3 is 2.57 bits per heavy atom. The van der Waals surface area contributed by atoms with Gasteiger partial charge in [0.1, 0.15) is 17.7 Å². The Bertz CT molecular complexity index is 472. The van der Waals surface area contributed by atoms with E-state index in [0.29, 0.717) is 11.1 Å². The van der Waals surface area contributed by atoms with Crippen LogP contribution >= 0.6 is 0 Å². The summed E-state index contributed by atoms with van der Waals surface area (Å²) < 4.78 is 36.8. The highest BCUT2D eigenvalue weighted by Gasteiger charge is 2.32. The Labute approximate surface area is 77.0 Å². The van der Waals surface area contributed by atoms with Crippen LogP contribution in [0.4, 0.5) is 13.2 Å². The third-order valence-corrected chi connectivity index (χ3v) is 1.93. The fraction of sp³-hybridized carbons (Fsp3) is 0.250. The van der Waals surface area contributed by atoms with E-state index in [-0.39, 0.29) is 5.65 Å². The maximum Gasteiger partial charge on any atom is 0.431 e. The SMILES string of the molecule is Cc1ncnc2[nH]c(C(F)(F)F)cc12. The number of aryl methyl sites for hydroxylation is 1. The van der Waals surface area contributed by atoms with Gasteiger partial charge in [-0.2, -0.15) is 13.2 Å². The molecule has 0 fully saturated rings. The highest BCUT2D eigenvalue weighted by molar-refractivity contribution is 5.78. The minimum atomic E-state index is -4.37. The van der Waals surface area contributed by atoms with Gasteiger partial charge in [-0.05, 0) is 13.0 Å². The summed E-state index contributed by atoms with van der Waals surface area (Å²) in [5.41, 5.74) is -0.0531. The number of nitrogens with zero attached hydrogens (tertiary/aromatic N) is 2. The van der Waals surface area contributed by atoms with E-state index in [4.69, 9.17) is 0 Å². The van der Waals surface area contributed by atoms with Crippen molar-refractivity contribution in [1.82, 2.24) is 15.0 Å². The fourth-order valence-electron chi connectivity index (χ4n) is 1.22. The molecule has 0 aliphatic carbocycles. The summed E-state index contributed by atoms with van der Waals surface area (Å²) in [5.74, 6) is 0. The lowest BCUT2D eigenvalue weighted by Gasteiger charge is -2.00. The Morgan fingerprint density at radius 1 is 1.29 bits per heavy atom. The van der Waals surface area contributed by atoms with Gasteiger partial charge in [0.2, 0.25) is 0 Å². The van der Waals surface area contributed by atoms with E-state index in [2.05, 4.69) is 15.0 Å². The Kier molecular flexibility index (Phi) is 1.73. The zero-order chi connectivity index (χ0) is 10.3. The lowest BCUT2D eigenvalue weighted by Crippen LogP contribution is -2.04. The topological polar surface area (TPSA) is 41.6 Å². The van der Waals surface area contributed by atoms with Crippen molar-refractivity contribution >= 4 is 11.0 Å². The predicted molar refractivity (Wildman–Crippen MR) is 43.6 cm³/mol. The van der Waals surface area contributed by atoms with Gasteiger partial charge in [0, 0.05) is 5.39 Å². The molecule has 0 aromatic carbocycles. The molecule has 0 aliphatic heterocycles. The molecular weight excluding hydrogens is 195 g/mol. The van der Waals surface area contributed by atoms with Gasteiger partial charge in [-0.25, -0.2) is 9.97 Å². The van der Waals surface area contributed by atoms with E-state index in [1.807, 2.05) is 0 Å². The first-order valence-corrected chi connectivity index (χ1v) is 3.86. The van der Waals surface area contributed by atoms with Crippen LogP contribution in [0.15, 0.2) is 12.4 Å². The van der Waals surface area contributed by atoms with Gasteiger partial charge < -0.3 is 4.98 Å². The second kappa shape index (κ2) is 2.70. The molecule has 2 rings (SSSR count). The van der Waals surface area contributed by atoms with Crippen LogP contribution in [0.25, 0.3) is 11.0 Å². The highest BCUT2D eigenvalue weighted by atomic mass is 19.4. The number of H-pyrrole nitrogens is 1. The average Bonchev–Trinajstić information content (AvgIpc) is 2.48. The Morgan fingerprint density at radius 2 is 2.00 bits per heavy atom. The monoisotopic (exact) mass is 201 g/mol. The minimum absolute atomic E-state index is 0.213. The minimum Gasteiger partial charge on any atom is -0.336 e. The number of nitrogens with one attached hydrogen (secondary N) is 1. The van der Waals surface area contributed by atoms with Crippen molar-refractivity contribution < 1.29 is 13.2 Å². The molecule has 0 atom stereocenters. The van der Waals surface area contributed by atoms with E-state index in [1.165, 1.54) is 6.33 Å². The fourth-order valence-corrected chi connectivity index (χ4v) is 1.22. The molecule has 1 N–H and O–H groups in total. The van der Waals surface area contributed by atoms with Gasteiger partial charge in [0.05, 0.1) is 5.69 Å². The van der Waals surface area contributed by atoms with Crippen molar-refractivity contribution in [2.75, 3.05) is 0 Å². The van der Waals surface area contributed by atoms with Gasteiger partial charge in [-0.3, -0.25) is 0 Å². The van der Waals surface area contributed by atoms with Crippen molar-refractivity contribution in [3.05, 3.63) is 23.8 Å². The van der Waals surface area contributed by atoms with Crippen LogP contribution in [-0.4, -0.2) is 15.0 Å². The van der Waals surface area contributed by atoms with Gasteiger partial charge in [0.15, 0.2) is 0 Å². The molecule has 74 valence electrons. The van der Waals surface area contributed by atoms with Crippen molar-refractivity contribution in [3.8, 4) is 0 Å². The molecular formula is C8H6F3N3. The predicted octanol–water partition coefficient (Wildman–Crippen LogP) is 2.29. The summed E-state index contributed by atoms with van der Waals surface area (Å²) in [6.45, 7) is 1.64. The lowest BCUT2D eigenvalue weighted by molar-refractivity contribution is -0.140. The van der Waals surface area contributed by atoms with E-state index >= 15 is 0 Å². The molecule has 2 heterocycles. The van der Waals surface area contributed by atoms with Crippen LogP contribution < -0.4 is 0 Å². The van der Waals surface area contributed by atoms with Crippen LogP contribution in [0.1, 0.15) is 11.4 Å². The van der Waals surface area contributed by atoms with Crippen LogP contribution in [0.5, 0.6) is 0 Å². The van der Waals surface area contributed by atoms with Gasteiger partial charge >= 0.3 is 6.18 Å². The third-order valence-electron chi connectivity index (χ3n) is 1.93. The number of rotatable bonds is 0. The van der Waals surface area contributed by atoms with E-state index in [9.17, 15) is 13.2 Å². The first-order chi connectivity index (χ1) is 6.48. The average molecular weight is 201 g/mol. The van der Waals surface area contributed by atoms with Crippen molar-refractivity contribution in [1.29, 1.82) is 0 Å². The summed E-state index contributed by atoms with van der Waals surface area (Å²) in [5, 5.41) is 0.403. The maximum absolute atomic E-state index is 12.3. The molecule has 0 radical (unpaired) electrons. The largest absolute Gasteiger partial charge is 0.431 e. The number of alkyl halides is 3. The molecule has 0 unspecified atom stereocenters. The first-order valence-electron chi connectivity index (χ1n) is 3.86. The molecule has 0 amide bonds. The molecule has 2 aromatic heterocycles. The number of aromatic nitrogens is 3. The molecule has 0 saturated heterocycles. The van der Waals surface area contributed by atoms with Crippen molar-refractivity contribution in [2.45, 2.75) is 13.1 Å². The number of aromatic amines is 1. The second-order valence-electron chi connectivity index (χ2n) is 2.90. The number of halogens is 3. The Balaban J connectivity index is 2.69. The van der Waals surface area contributed by atoms with E-state index in [1.54, 1.807) is 6.92 Å². The van der Waals surface area contributed by atoms with Crippen molar-refractivity contribution in [3.63, 3.8) is 0 Å².